The van der Waals surface area contributed by atoms with Crippen LogP contribution in [0, 0.1) is 0 Å². The number of nitrogens with zero attached hydrogens (tertiary/aromatic N) is 3. The van der Waals surface area contributed by atoms with Crippen molar-refractivity contribution in [3.8, 4) is 5.88 Å². The highest BCUT2D eigenvalue weighted by atomic mass is 19.4. The lowest BCUT2D eigenvalue weighted by molar-refractivity contribution is -0.154. The van der Waals surface area contributed by atoms with Crippen LogP contribution >= 0.6 is 0 Å². The van der Waals surface area contributed by atoms with Gasteiger partial charge in [0.25, 0.3) is 0 Å². The van der Waals surface area contributed by atoms with Crippen LogP contribution in [-0.4, -0.2) is 29.8 Å². The van der Waals surface area contributed by atoms with Gasteiger partial charge >= 0.3 is 6.18 Å². The molecule has 1 unspecified atom stereocenters. The molecule has 1 aliphatic rings. The maximum Gasteiger partial charge on any atom is 0.422 e. The summed E-state index contributed by atoms with van der Waals surface area (Å²) < 4.78 is 41.2. The number of ether oxygens (including phenoxy) is 1. The number of rotatable bonds is 4. The maximum atomic E-state index is 12.2. The summed E-state index contributed by atoms with van der Waals surface area (Å²) in [6, 6.07) is 11.4. The first-order chi connectivity index (χ1) is 11.3. The number of hydrogen-bond acceptors (Lipinski definition) is 4. The molecule has 0 saturated heterocycles. The van der Waals surface area contributed by atoms with E-state index in [2.05, 4.69) is 31.9 Å². The summed E-state index contributed by atoms with van der Waals surface area (Å²) in [5.41, 5.74) is 3.27. The average Bonchev–Trinajstić information content (AvgIpc) is 2.88. The zero-order chi connectivity index (χ0) is 17.3. The van der Waals surface area contributed by atoms with E-state index < -0.39 is 12.8 Å². The van der Waals surface area contributed by atoms with Gasteiger partial charge in [0, 0.05) is 25.9 Å². The number of para-hydroxylation sites is 1. The molecule has 1 aromatic heterocycles. The van der Waals surface area contributed by atoms with Gasteiger partial charge in [0.05, 0.1) is 11.7 Å². The molecule has 24 heavy (non-hydrogen) atoms. The first kappa shape index (κ1) is 16.6. The number of aromatic nitrogens is 1. The molecule has 0 saturated carbocycles. The van der Waals surface area contributed by atoms with Crippen LogP contribution in [0.2, 0.25) is 0 Å². The molecule has 128 valence electrons. The number of benzene rings is 1. The molecule has 1 atom stereocenters. The van der Waals surface area contributed by atoms with Gasteiger partial charge in [-0.3, -0.25) is 5.01 Å². The Morgan fingerprint density at radius 1 is 1.21 bits per heavy atom. The van der Waals surface area contributed by atoms with Crippen LogP contribution in [0.4, 0.5) is 18.9 Å². The molecule has 4 nitrogen and oxygen atoms in total. The Labute approximate surface area is 138 Å². The van der Waals surface area contributed by atoms with Crippen molar-refractivity contribution >= 4 is 5.69 Å². The van der Waals surface area contributed by atoms with Crippen LogP contribution in [-0.2, 0) is 6.54 Å². The van der Waals surface area contributed by atoms with Gasteiger partial charge < -0.3 is 4.74 Å². The SMILES string of the molecule is CC(c1ccc(OCC(F)(F)F)nc1)N1c2ccccc2CN1C. The van der Waals surface area contributed by atoms with Crippen LogP contribution in [0.15, 0.2) is 42.6 Å². The molecule has 0 amide bonds. The Kier molecular flexibility index (Phi) is 4.36. The molecule has 0 N–H and O–H groups in total. The molecular formula is C17H18F3N3O. The Bertz CT molecular complexity index is 703. The molecule has 1 aliphatic heterocycles. The zero-order valence-corrected chi connectivity index (χ0v) is 13.4. The van der Waals surface area contributed by atoms with Crippen molar-refractivity contribution in [2.45, 2.75) is 25.7 Å². The third-order valence-corrected chi connectivity index (χ3v) is 4.00. The third kappa shape index (κ3) is 3.46. The van der Waals surface area contributed by atoms with Crippen molar-refractivity contribution < 1.29 is 17.9 Å². The molecule has 0 bridgehead atoms. The monoisotopic (exact) mass is 337 g/mol. The van der Waals surface area contributed by atoms with Crippen LogP contribution in [0.5, 0.6) is 5.88 Å². The highest BCUT2D eigenvalue weighted by molar-refractivity contribution is 5.57. The van der Waals surface area contributed by atoms with Crippen LogP contribution < -0.4 is 9.75 Å². The second kappa shape index (κ2) is 6.32. The fourth-order valence-corrected chi connectivity index (χ4v) is 2.90. The minimum Gasteiger partial charge on any atom is -0.468 e. The van der Waals surface area contributed by atoms with E-state index in [4.69, 9.17) is 0 Å². The summed E-state index contributed by atoms with van der Waals surface area (Å²) in [6.07, 6.45) is -2.80. The first-order valence-corrected chi connectivity index (χ1v) is 7.59. The number of pyridine rings is 1. The van der Waals surface area contributed by atoms with Gasteiger partial charge in [-0.1, -0.05) is 24.3 Å². The van der Waals surface area contributed by atoms with Crippen LogP contribution in [0.25, 0.3) is 0 Å². The van der Waals surface area contributed by atoms with E-state index in [-0.39, 0.29) is 11.9 Å². The van der Waals surface area contributed by atoms with Gasteiger partial charge in [-0.15, -0.1) is 0 Å². The molecule has 3 rings (SSSR count). The summed E-state index contributed by atoms with van der Waals surface area (Å²) in [6.45, 7) is 1.52. The predicted octanol–water partition coefficient (Wildman–Crippen LogP) is 3.95. The molecular weight excluding hydrogens is 319 g/mol. The van der Waals surface area contributed by atoms with Crippen molar-refractivity contribution in [2.24, 2.45) is 0 Å². The summed E-state index contributed by atoms with van der Waals surface area (Å²) in [7, 11) is 2.00. The van der Waals surface area contributed by atoms with Crippen molar-refractivity contribution in [1.82, 2.24) is 9.99 Å². The molecule has 0 radical (unpaired) electrons. The molecule has 2 aromatic rings. The molecule has 0 fully saturated rings. The van der Waals surface area contributed by atoms with Gasteiger partial charge in [0.15, 0.2) is 6.61 Å². The maximum absolute atomic E-state index is 12.2. The smallest absolute Gasteiger partial charge is 0.422 e. The largest absolute Gasteiger partial charge is 0.468 e. The second-order valence-electron chi connectivity index (χ2n) is 5.80. The van der Waals surface area contributed by atoms with Gasteiger partial charge in [0.2, 0.25) is 5.88 Å². The number of hydrogen-bond donors (Lipinski definition) is 0. The minimum atomic E-state index is -4.37. The Morgan fingerprint density at radius 3 is 2.62 bits per heavy atom. The lowest BCUT2D eigenvalue weighted by atomic mass is 10.1. The fraction of sp³-hybridized carbons (Fsp3) is 0.353. The van der Waals surface area contributed by atoms with Gasteiger partial charge in [-0.2, -0.15) is 13.2 Å². The van der Waals surface area contributed by atoms with Crippen molar-refractivity contribution in [3.05, 3.63) is 53.7 Å². The lowest BCUT2D eigenvalue weighted by Crippen LogP contribution is -2.36. The van der Waals surface area contributed by atoms with E-state index in [1.165, 1.54) is 11.6 Å². The molecule has 0 aliphatic carbocycles. The Balaban J connectivity index is 1.75. The van der Waals surface area contributed by atoms with E-state index in [0.717, 1.165) is 17.8 Å². The summed E-state index contributed by atoms with van der Waals surface area (Å²) in [5, 5.41) is 4.27. The van der Waals surface area contributed by atoms with E-state index in [1.807, 2.05) is 26.1 Å². The highest BCUT2D eigenvalue weighted by Gasteiger charge is 2.30. The Morgan fingerprint density at radius 2 is 1.96 bits per heavy atom. The number of alkyl halides is 3. The number of anilines is 1. The van der Waals surface area contributed by atoms with E-state index in [9.17, 15) is 13.2 Å². The molecule has 2 heterocycles. The lowest BCUT2D eigenvalue weighted by Gasteiger charge is -2.33. The van der Waals surface area contributed by atoms with Crippen molar-refractivity contribution in [2.75, 3.05) is 18.7 Å². The number of halogens is 3. The average molecular weight is 337 g/mol. The van der Waals surface area contributed by atoms with Gasteiger partial charge in [-0.05, 0) is 24.1 Å². The molecule has 7 heteroatoms. The molecule has 0 spiro atoms. The summed E-state index contributed by atoms with van der Waals surface area (Å²) in [5.74, 6) is -0.0292. The van der Waals surface area contributed by atoms with Crippen molar-refractivity contribution in [1.29, 1.82) is 0 Å². The number of hydrazine groups is 1. The van der Waals surface area contributed by atoms with E-state index in [0.29, 0.717) is 0 Å². The minimum absolute atomic E-state index is 0.00261. The van der Waals surface area contributed by atoms with Crippen LogP contribution in [0.3, 0.4) is 0 Å². The van der Waals surface area contributed by atoms with Gasteiger partial charge in [0.1, 0.15) is 0 Å². The summed E-state index contributed by atoms with van der Waals surface area (Å²) in [4.78, 5) is 3.99. The predicted molar refractivity (Wildman–Crippen MR) is 84.6 cm³/mol. The second-order valence-corrected chi connectivity index (χ2v) is 5.80. The Hall–Kier alpha value is -2.28. The van der Waals surface area contributed by atoms with Crippen molar-refractivity contribution in [3.63, 3.8) is 0 Å². The normalized spacial score (nSPS) is 16.1. The first-order valence-electron chi connectivity index (χ1n) is 7.59. The van der Waals surface area contributed by atoms with E-state index in [1.54, 1.807) is 12.3 Å². The van der Waals surface area contributed by atoms with E-state index >= 15 is 0 Å². The number of fused-ring (bicyclic) bond motifs is 1. The highest BCUT2D eigenvalue weighted by Crippen LogP contribution is 2.36. The topological polar surface area (TPSA) is 28.6 Å². The zero-order valence-electron chi connectivity index (χ0n) is 13.4. The van der Waals surface area contributed by atoms with Crippen LogP contribution in [0.1, 0.15) is 24.1 Å². The summed E-state index contributed by atoms with van der Waals surface area (Å²) >= 11 is 0. The molecule has 1 aromatic carbocycles. The quantitative estimate of drug-likeness (QED) is 0.845. The third-order valence-electron chi connectivity index (χ3n) is 4.00. The van der Waals surface area contributed by atoms with Gasteiger partial charge in [-0.25, -0.2) is 9.99 Å². The standard InChI is InChI=1S/C17H18F3N3O/c1-12(23-15-6-4-3-5-14(15)10-22(23)2)13-7-8-16(21-9-13)24-11-17(18,19)20/h3-9,12H,10-11H2,1-2H3. The fourth-order valence-electron chi connectivity index (χ4n) is 2.90.